The molecule has 7 nitrogen and oxygen atoms in total. The predicted octanol–water partition coefficient (Wildman–Crippen LogP) is 3.87. The van der Waals surface area contributed by atoms with Crippen molar-refractivity contribution in [1.29, 1.82) is 0 Å². The van der Waals surface area contributed by atoms with E-state index < -0.39 is 0 Å². The van der Waals surface area contributed by atoms with Crippen molar-refractivity contribution in [3.8, 4) is 11.3 Å². The van der Waals surface area contributed by atoms with Crippen molar-refractivity contribution < 1.29 is 4.52 Å². The summed E-state index contributed by atoms with van der Waals surface area (Å²) in [6.45, 7) is 1.88. The van der Waals surface area contributed by atoms with Crippen molar-refractivity contribution in [3.63, 3.8) is 0 Å². The molecular formula is C20H24N6O. The summed E-state index contributed by atoms with van der Waals surface area (Å²) in [5.74, 6) is 2.12. The van der Waals surface area contributed by atoms with Gasteiger partial charge in [-0.1, -0.05) is 30.1 Å². The lowest BCUT2D eigenvalue weighted by Crippen LogP contribution is -2.42. The highest BCUT2D eigenvalue weighted by atomic mass is 16.5. The summed E-state index contributed by atoms with van der Waals surface area (Å²) in [4.78, 5) is 8.92. The summed E-state index contributed by atoms with van der Waals surface area (Å²) in [6, 6.07) is 12.1. The van der Waals surface area contributed by atoms with Gasteiger partial charge in [0, 0.05) is 35.6 Å². The fourth-order valence-corrected chi connectivity index (χ4v) is 3.41. The Balaban J connectivity index is 1.48. The summed E-state index contributed by atoms with van der Waals surface area (Å²) in [5, 5.41) is 10.8. The van der Waals surface area contributed by atoms with E-state index in [1.54, 1.807) is 6.20 Å². The Hall–Kier alpha value is -2.93. The molecule has 2 heterocycles. The third kappa shape index (κ3) is 4.25. The first-order chi connectivity index (χ1) is 13.2. The maximum atomic E-state index is 6.21. The van der Waals surface area contributed by atoms with Gasteiger partial charge in [0.05, 0.1) is 0 Å². The molecule has 4 rings (SSSR count). The summed E-state index contributed by atoms with van der Waals surface area (Å²) in [5.41, 5.74) is 8.93. The molecule has 0 saturated heterocycles. The molecule has 0 bridgehead atoms. The molecule has 1 aliphatic rings. The molecule has 4 N–H and O–H groups in total. The van der Waals surface area contributed by atoms with Gasteiger partial charge in [-0.3, -0.25) is 0 Å². The molecule has 0 amide bonds. The standard InChI is InChI=1S/C20H24N6O/c1-13-11-18(26-27-13)14-5-4-6-15(12-14)23-19-9-10-22-20(25-19)24-17-8-3-2-7-16(17)21/h4-6,9-12,16-17H,2-3,7-8,21H2,1H3,(H2,22,23,24,25)/t16-,17+/m0/s1. The number of nitrogens with two attached hydrogens (primary N) is 1. The fraction of sp³-hybridized carbons (Fsp3) is 0.350. The highest BCUT2D eigenvalue weighted by Gasteiger charge is 2.22. The van der Waals surface area contributed by atoms with Crippen molar-refractivity contribution in [3.05, 3.63) is 48.4 Å². The van der Waals surface area contributed by atoms with Crippen LogP contribution in [0, 0.1) is 6.92 Å². The Morgan fingerprint density at radius 3 is 2.85 bits per heavy atom. The Morgan fingerprint density at radius 2 is 2.04 bits per heavy atom. The zero-order valence-corrected chi connectivity index (χ0v) is 15.4. The Kier molecular flexibility index (Phi) is 5.02. The molecule has 0 aliphatic heterocycles. The van der Waals surface area contributed by atoms with Crippen LogP contribution < -0.4 is 16.4 Å². The summed E-state index contributed by atoms with van der Waals surface area (Å²) in [7, 11) is 0. The quantitative estimate of drug-likeness (QED) is 0.631. The maximum Gasteiger partial charge on any atom is 0.224 e. The van der Waals surface area contributed by atoms with E-state index >= 15 is 0 Å². The van der Waals surface area contributed by atoms with Gasteiger partial charge in [0.25, 0.3) is 0 Å². The molecule has 2 atom stereocenters. The minimum absolute atomic E-state index is 0.154. The molecule has 0 radical (unpaired) electrons. The van der Waals surface area contributed by atoms with Crippen LogP contribution in [0.4, 0.5) is 17.5 Å². The molecule has 1 saturated carbocycles. The average molecular weight is 364 g/mol. The van der Waals surface area contributed by atoms with E-state index in [0.717, 1.165) is 41.4 Å². The van der Waals surface area contributed by atoms with Crippen molar-refractivity contribution in [2.75, 3.05) is 10.6 Å². The first kappa shape index (κ1) is 17.5. The Morgan fingerprint density at radius 1 is 1.15 bits per heavy atom. The van der Waals surface area contributed by atoms with Crippen LogP contribution in [0.1, 0.15) is 31.4 Å². The van der Waals surface area contributed by atoms with E-state index in [4.69, 9.17) is 10.3 Å². The van der Waals surface area contributed by atoms with Gasteiger partial charge in [0.2, 0.25) is 5.95 Å². The SMILES string of the molecule is Cc1cc(-c2cccc(Nc3ccnc(N[C@@H]4CCCC[C@@H]4N)n3)c2)no1. The van der Waals surface area contributed by atoms with E-state index in [0.29, 0.717) is 5.95 Å². The summed E-state index contributed by atoms with van der Waals surface area (Å²) >= 11 is 0. The second kappa shape index (κ2) is 7.75. The van der Waals surface area contributed by atoms with Crippen LogP contribution >= 0.6 is 0 Å². The molecule has 1 fully saturated rings. The summed E-state index contributed by atoms with van der Waals surface area (Å²) < 4.78 is 5.16. The second-order valence-electron chi connectivity index (χ2n) is 6.99. The highest BCUT2D eigenvalue weighted by Crippen LogP contribution is 2.25. The number of nitrogens with zero attached hydrogens (tertiary/aromatic N) is 3. The number of rotatable bonds is 5. The zero-order chi connectivity index (χ0) is 18.6. The van der Waals surface area contributed by atoms with Crippen molar-refractivity contribution in [2.45, 2.75) is 44.7 Å². The minimum atomic E-state index is 0.154. The lowest BCUT2D eigenvalue weighted by atomic mass is 9.91. The van der Waals surface area contributed by atoms with Crippen LogP contribution in [0.3, 0.4) is 0 Å². The Bertz CT molecular complexity index is 909. The van der Waals surface area contributed by atoms with Gasteiger partial charge in [-0.25, -0.2) is 4.98 Å². The number of nitrogens with one attached hydrogen (secondary N) is 2. The summed E-state index contributed by atoms with van der Waals surface area (Å²) in [6.07, 6.45) is 6.24. The topological polar surface area (TPSA) is 102 Å². The number of aromatic nitrogens is 3. The van der Waals surface area contributed by atoms with E-state index in [1.807, 2.05) is 43.3 Å². The highest BCUT2D eigenvalue weighted by molar-refractivity contribution is 5.67. The number of hydrogen-bond acceptors (Lipinski definition) is 7. The van der Waals surface area contributed by atoms with Crippen molar-refractivity contribution >= 4 is 17.5 Å². The molecule has 0 spiro atoms. The third-order valence-electron chi connectivity index (χ3n) is 4.85. The molecule has 140 valence electrons. The number of aryl methyl sites for hydroxylation is 1. The molecule has 0 unspecified atom stereocenters. The minimum Gasteiger partial charge on any atom is -0.361 e. The van der Waals surface area contributed by atoms with E-state index in [2.05, 4.69) is 25.8 Å². The van der Waals surface area contributed by atoms with Gasteiger partial charge in [-0.2, -0.15) is 4.98 Å². The molecule has 1 aromatic carbocycles. The smallest absolute Gasteiger partial charge is 0.224 e. The number of anilines is 3. The first-order valence-electron chi connectivity index (χ1n) is 9.33. The van der Waals surface area contributed by atoms with Gasteiger partial charge >= 0.3 is 0 Å². The molecule has 3 aromatic rings. The van der Waals surface area contributed by atoms with Crippen molar-refractivity contribution in [2.24, 2.45) is 5.73 Å². The van der Waals surface area contributed by atoms with Gasteiger partial charge in [-0.15, -0.1) is 0 Å². The molecule has 2 aromatic heterocycles. The average Bonchev–Trinajstić information content (AvgIpc) is 3.11. The van der Waals surface area contributed by atoms with E-state index in [1.165, 1.54) is 12.8 Å². The lowest BCUT2D eigenvalue weighted by molar-refractivity contribution is 0.399. The fourth-order valence-electron chi connectivity index (χ4n) is 3.41. The van der Waals surface area contributed by atoms with Gasteiger partial charge in [0.1, 0.15) is 17.3 Å². The van der Waals surface area contributed by atoms with Crippen LogP contribution in [0.15, 0.2) is 47.1 Å². The molecule has 7 heteroatoms. The third-order valence-corrected chi connectivity index (χ3v) is 4.85. The van der Waals surface area contributed by atoms with Gasteiger partial charge in [0.15, 0.2) is 0 Å². The van der Waals surface area contributed by atoms with E-state index in [9.17, 15) is 0 Å². The predicted molar refractivity (Wildman–Crippen MR) is 106 cm³/mol. The normalized spacial score (nSPS) is 19.6. The van der Waals surface area contributed by atoms with Crippen molar-refractivity contribution in [1.82, 2.24) is 15.1 Å². The van der Waals surface area contributed by atoms with Gasteiger partial charge in [-0.05, 0) is 38.0 Å². The largest absolute Gasteiger partial charge is 0.361 e. The number of benzene rings is 1. The first-order valence-corrected chi connectivity index (χ1v) is 9.33. The monoisotopic (exact) mass is 364 g/mol. The van der Waals surface area contributed by atoms with Crippen LogP contribution in [0.25, 0.3) is 11.3 Å². The molecule has 1 aliphatic carbocycles. The van der Waals surface area contributed by atoms with Crippen LogP contribution in [-0.4, -0.2) is 27.2 Å². The lowest BCUT2D eigenvalue weighted by Gasteiger charge is -2.29. The van der Waals surface area contributed by atoms with Crippen LogP contribution in [-0.2, 0) is 0 Å². The van der Waals surface area contributed by atoms with Gasteiger partial charge < -0.3 is 20.9 Å². The maximum absolute atomic E-state index is 6.21. The second-order valence-corrected chi connectivity index (χ2v) is 6.99. The molecule has 27 heavy (non-hydrogen) atoms. The Labute approximate surface area is 158 Å². The zero-order valence-electron chi connectivity index (χ0n) is 15.4. The van der Waals surface area contributed by atoms with Crippen LogP contribution in [0.5, 0.6) is 0 Å². The molecular weight excluding hydrogens is 340 g/mol. The van der Waals surface area contributed by atoms with E-state index in [-0.39, 0.29) is 12.1 Å². The van der Waals surface area contributed by atoms with Crippen LogP contribution in [0.2, 0.25) is 0 Å². The number of hydrogen-bond donors (Lipinski definition) is 3.